The Morgan fingerprint density at radius 3 is 2.50 bits per heavy atom. The Balaban J connectivity index is 2.42. The molecule has 0 heterocycles. The number of rotatable bonds is 10. The van der Waals surface area contributed by atoms with Gasteiger partial charge in [-0.3, -0.25) is 5.48 Å². The monoisotopic (exact) mass is 327 g/mol. The molecule has 0 spiro atoms. The summed E-state index contributed by atoms with van der Waals surface area (Å²) in [5.74, 6) is 1.46. The number of nitrogens with one attached hydrogen (secondary N) is 1. The van der Waals surface area contributed by atoms with E-state index in [1.54, 1.807) is 12.1 Å². The molecule has 1 rings (SSSR count). The van der Waals surface area contributed by atoms with Gasteiger partial charge in [-0.25, -0.2) is 4.28 Å². The quantitative estimate of drug-likeness (QED) is 0.511. The Kier molecular flexibility index (Phi) is 8.13. The maximum Gasteiger partial charge on any atom is 0.119 e. The van der Waals surface area contributed by atoms with Crippen LogP contribution in [-0.4, -0.2) is 43.0 Å². The highest BCUT2D eigenvalue weighted by Gasteiger charge is 2.13. The first-order valence-corrected chi connectivity index (χ1v) is 9.33. The van der Waals surface area contributed by atoms with E-state index in [4.69, 9.17) is 20.2 Å². The van der Waals surface area contributed by atoms with Gasteiger partial charge < -0.3 is 14.6 Å². The Morgan fingerprint density at radius 2 is 1.95 bits per heavy atom. The predicted molar refractivity (Wildman–Crippen MR) is 92.0 cm³/mol. The second kappa shape index (κ2) is 9.59. The lowest BCUT2D eigenvalue weighted by Crippen LogP contribution is -2.23. The molecule has 6 heteroatoms. The maximum absolute atomic E-state index is 9.63. The summed E-state index contributed by atoms with van der Waals surface area (Å²) in [6.07, 6.45) is 6.77. The Labute approximate surface area is 134 Å². The fourth-order valence-electron chi connectivity index (χ4n) is 1.42. The van der Waals surface area contributed by atoms with Crippen molar-refractivity contribution in [2.24, 2.45) is 0 Å². The molecular weight excluding hydrogens is 302 g/mol. The fraction of sp³-hybridized carbons (Fsp3) is 0.500. The molecule has 2 N–H and O–H groups in total. The van der Waals surface area contributed by atoms with Crippen LogP contribution in [0.25, 0.3) is 0 Å². The van der Waals surface area contributed by atoms with Crippen LogP contribution in [0.15, 0.2) is 24.3 Å². The fourth-order valence-corrected chi connectivity index (χ4v) is 2.03. The molecule has 22 heavy (non-hydrogen) atoms. The normalized spacial score (nSPS) is 16.1. The lowest BCUT2D eigenvalue weighted by molar-refractivity contribution is 0.0164. The molecule has 0 aromatic heterocycles. The molecule has 0 aliphatic carbocycles. The minimum Gasteiger partial charge on any atom is -0.491 e. The number of aliphatic hydroxyl groups is 1. The van der Waals surface area contributed by atoms with Crippen LogP contribution in [0.2, 0.25) is 0 Å². The second-order valence-electron chi connectivity index (χ2n) is 4.75. The van der Waals surface area contributed by atoms with Crippen molar-refractivity contribution in [3.05, 3.63) is 24.3 Å². The first-order valence-electron chi connectivity index (χ1n) is 7.19. The molecule has 0 saturated carbocycles. The van der Waals surface area contributed by atoms with E-state index in [0.717, 1.165) is 11.4 Å². The van der Waals surface area contributed by atoms with Crippen molar-refractivity contribution in [1.29, 1.82) is 0 Å². The van der Waals surface area contributed by atoms with Crippen molar-refractivity contribution < 1.29 is 18.9 Å². The minimum atomic E-state index is -1.52. The van der Waals surface area contributed by atoms with Crippen LogP contribution in [0.5, 0.6) is 5.75 Å². The summed E-state index contributed by atoms with van der Waals surface area (Å²) in [7, 11) is -1.52. The zero-order valence-corrected chi connectivity index (χ0v) is 14.2. The van der Waals surface area contributed by atoms with Crippen molar-refractivity contribution in [2.45, 2.75) is 20.0 Å². The van der Waals surface area contributed by atoms with Crippen LogP contribution in [0.4, 0.5) is 5.69 Å². The number of hydrogen-bond donors (Lipinski definition) is 2. The number of aliphatic hydroxyl groups excluding tert-OH is 1. The molecular formula is C16H25NO4S. The highest BCUT2D eigenvalue weighted by Crippen LogP contribution is 2.43. The average molecular weight is 327 g/mol. The van der Waals surface area contributed by atoms with Gasteiger partial charge in [-0.05, 0) is 46.8 Å². The van der Waals surface area contributed by atoms with E-state index in [9.17, 15) is 5.11 Å². The summed E-state index contributed by atoms with van der Waals surface area (Å²) in [5, 5.41) is 12.3. The zero-order chi connectivity index (χ0) is 16.4. The Morgan fingerprint density at radius 1 is 1.27 bits per heavy atom. The van der Waals surface area contributed by atoms with Gasteiger partial charge >= 0.3 is 0 Å². The number of benzene rings is 1. The highest BCUT2D eigenvalue weighted by atomic mass is 32.3. The van der Waals surface area contributed by atoms with Gasteiger partial charge in [-0.1, -0.05) is 6.92 Å². The minimum absolute atomic E-state index is 0.193. The standard InChI is InChI=1S/C16H25NO4S/c1-5-19-12-15(18)13-20-16-10-8-14(9-11-16)17-21-22(4,6-2)7-3/h2,8-11,15,17-18H,5,7,12-13H2,1,3-4H3. The average Bonchev–Trinajstić information content (AvgIpc) is 2.56. The SMILES string of the molecule is C#CS(C)(CC)ONc1ccc(OCC(O)COCC)cc1. The molecule has 1 aromatic rings. The van der Waals surface area contributed by atoms with Gasteiger partial charge in [0, 0.05) is 18.6 Å². The molecule has 2 atom stereocenters. The van der Waals surface area contributed by atoms with Crippen LogP contribution in [0, 0.1) is 11.7 Å². The van der Waals surface area contributed by atoms with Gasteiger partial charge in [0.1, 0.15) is 18.5 Å². The second-order valence-corrected chi connectivity index (χ2v) is 7.74. The van der Waals surface area contributed by atoms with Gasteiger partial charge in [0.15, 0.2) is 0 Å². The van der Waals surface area contributed by atoms with Gasteiger partial charge in [0.05, 0.1) is 12.3 Å². The smallest absolute Gasteiger partial charge is 0.119 e. The number of terminal acetylenes is 1. The third-order valence-corrected chi connectivity index (χ3v) is 5.01. The molecule has 0 radical (unpaired) electrons. The van der Waals surface area contributed by atoms with Gasteiger partial charge in [-0.2, -0.15) is 0 Å². The van der Waals surface area contributed by atoms with Crippen molar-refractivity contribution >= 4 is 16.0 Å². The highest BCUT2D eigenvalue weighted by molar-refractivity contribution is 8.33. The number of ether oxygens (including phenoxy) is 2. The summed E-state index contributed by atoms with van der Waals surface area (Å²) in [6, 6.07) is 7.26. The van der Waals surface area contributed by atoms with E-state index in [0.29, 0.717) is 12.4 Å². The Bertz CT molecular complexity index is 474. The molecule has 5 nitrogen and oxygen atoms in total. The summed E-state index contributed by atoms with van der Waals surface area (Å²) in [6.45, 7) is 4.93. The first-order chi connectivity index (χ1) is 10.5. The molecule has 0 aliphatic rings. The maximum atomic E-state index is 9.63. The van der Waals surface area contributed by atoms with Crippen LogP contribution in [-0.2, 0) is 9.02 Å². The predicted octanol–water partition coefficient (Wildman–Crippen LogP) is 2.77. The van der Waals surface area contributed by atoms with Crippen LogP contribution < -0.4 is 10.2 Å². The lowest BCUT2D eigenvalue weighted by Gasteiger charge is -2.27. The van der Waals surface area contributed by atoms with Crippen molar-refractivity contribution in [2.75, 3.05) is 37.3 Å². The molecule has 0 aliphatic heterocycles. The van der Waals surface area contributed by atoms with Gasteiger partial charge in [0.25, 0.3) is 0 Å². The first kappa shape index (κ1) is 18.7. The number of hydrogen-bond acceptors (Lipinski definition) is 5. The summed E-state index contributed by atoms with van der Waals surface area (Å²) in [5.41, 5.74) is 3.67. The van der Waals surface area contributed by atoms with Crippen molar-refractivity contribution in [3.8, 4) is 17.4 Å². The van der Waals surface area contributed by atoms with Crippen LogP contribution in [0.1, 0.15) is 13.8 Å². The van der Waals surface area contributed by atoms with Crippen molar-refractivity contribution in [3.63, 3.8) is 0 Å². The zero-order valence-electron chi connectivity index (χ0n) is 13.4. The molecule has 0 saturated heterocycles. The summed E-state index contributed by atoms with van der Waals surface area (Å²) >= 11 is 0. The Hall–Kier alpha value is -1.39. The van der Waals surface area contributed by atoms with E-state index < -0.39 is 16.4 Å². The summed E-state index contributed by atoms with van der Waals surface area (Å²) < 4.78 is 16.2. The third kappa shape index (κ3) is 6.58. The molecule has 2 unspecified atom stereocenters. The van der Waals surface area contributed by atoms with Gasteiger partial charge in [0.2, 0.25) is 0 Å². The third-order valence-electron chi connectivity index (χ3n) is 2.95. The topological polar surface area (TPSA) is 60.0 Å². The number of anilines is 1. The van der Waals surface area contributed by atoms with E-state index in [-0.39, 0.29) is 13.2 Å². The molecule has 0 fully saturated rings. The van der Waals surface area contributed by atoms with E-state index in [1.165, 1.54) is 0 Å². The van der Waals surface area contributed by atoms with E-state index in [2.05, 4.69) is 10.7 Å². The van der Waals surface area contributed by atoms with E-state index in [1.807, 2.05) is 32.2 Å². The van der Waals surface area contributed by atoms with Crippen molar-refractivity contribution in [1.82, 2.24) is 0 Å². The summed E-state index contributed by atoms with van der Waals surface area (Å²) in [4.78, 5) is 0. The molecule has 0 bridgehead atoms. The molecule has 0 amide bonds. The van der Waals surface area contributed by atoms with Gasteiger partial charge in [-0.15, -0.1) is 6.42 Å². The van der Waals surface area contributed by atoms with Crippen LogP contribution >= 0.6 is 10.3 Å². The lowest BCUT2D eigenvalue weighted by atomic mass is 10.3. The van der Waals surface area contributed by atoms with Crippen LogP contribution in [0.3, 0.4) is 0 Å². The molecule has 124 valence electrons. The largest absolute Gasteiger partial charge is 0.491 e. The molecule has 1 aromatic carbocycles. The van der Waals surface area contributed by atoms with E-state index >= 15 is 0 Å².